The summed E-state index contributed by atoms with van der Waals surface area (Å²) in [6, 6.07) is 5.95. The Balaban J connectivity index is 1.57. The highest BCUT2D eigenvalue weighted by molar-refractivity contribution is 5.77. The number of hydrogen-bond acceptors (Lipinski definition) is 5. The maximum absolute atomic E-state index is 12.5. The molecular weight excluding hydrogens is 334 g/mol. The predicted octanol–water partition coefficient (Wildman–Crippen LogP) is 2.86. The Morgan fingerprint density at radius 1 is 1.23 bits per heavy atom. The Hall–Kier alpha value is -1.79. The molecule has 0 radical (unpaired) electrons. The Morgan fingerprint density at radius 3 is 2.54 bits per heavy atom. The number of amides is 1. The summed E-state index contributed by atoms with van der Waals surface area (Å²) in [5, 5.41) is 3.01. The standard InChI is InChI=1S/C20H29NO5/c1-20(25-10-11-26-20)8-9-21-19(22)13-16(14-4-5-14)15-6-7-17(23-2)18(12-15)24-3/h6-7,12,14,16H,4-5,8-11,13H2,1-3H3,(H,21,22). The lowest BCUT2D eigenvalue weighted by Crippen LogP contribution is -2.34. The predicted molar refractivity (Wildman–Crippen MR) is 97.6 cm³/mol. The fourth-order valence-electron chi connectivity index (χ4n) is 3.54. The molecule has 0 bridgehead atoms. The van der Waals surface area contributed by atoms with E-state index in [2.05, 4.69) is 5.32 Å². The first kappa shape index (κ1) is 19.0. The van der Waals surface area contributed by atoms with Gasteiger partial charge < -0.3 is 24.3 Å². The monoisotopic (exact) mass is 363 g/mol. The van der Waals surface area contributed by atoms with Crippen LogP contribution in [-0.2, 0) is 14.3 Å². The molecule has 1 aromatic rings. The molecule has 1 N–H and O–H groups in total. The first-order valence-corrected chi connectivity index (χ1v) is 9.31. The van der Waals surface area contributed by atoms with Gasteiger partial charge in [0, 0.05) is 19.4 Å². The molecule has 1 aliphatic carbocycles. The SMILES string of the molecule is COc1ccc(C(CC(=O)NCCC2(C)OCCO2)C2CC2)cc1OC. The van der Waals surface area contributed by atoms with Gasteiger partial charge in [-0.3, -0.25) is 4.79 Å². The van der Waals surface area contributed by atoms with E-state index in [1.807, 2.05) is 25.1 Å². The highest BCUT2D eigenvalue weighted by Crippen LogP contribution is 2.46. The van der Waals surface area contributed by atoms with E-state index < -0.39 is 5.79 Å². The zero-order valence-electron chi connectivity index (χ0n) is 15.9. The van der Waals surface area contributed by atoms with Crippen molar-refractivity contribution in [3.05, 3.63) is 23.8 Å². The number of nitrogens with one attached hydrogen (secondary N) is 1. The van der Waals surface area contributed by atoms with Crippen molar-refractivity contribution >= 4 is 5.91 Å². The summed E-state index contributed by atoms with van der Waals surface area (Å²) in [5.74, 6) is 1.70. The van der Waals surface area contributed by atoms with E-state index in [0.717, 1.165) is 5.56 Å². The number of rotatable bonds is 9. The zero-order valence-corrected chi connectivity index (χ0v) is 15.9. The third-order valence-electron chi connectivity index (χ3n) is 5.23. The van der Waals surface area contributed by atoms with Crippen molar-refractivity contribution < 1.29 is 23.7 Å². The van der Waals surface area contributed by atoms with Crippen molar-refractivity contribution in [2.75, 3.05) is 34.0 Å². The molecule has 6 heteroatoms. The van der Waals surface area contributed by atoms with Crippen molar-refractivity contribution in [1.82, 2.24) is 5.32 Å². The second-order valence-electron chi connectivity index (χ2n) is 7.19. The summed E-state index contributed by atoms with van der Waals surface area (Å²) in [5.41, 5.74) is 1.13. The maximum atomic E-state index is 12.5. The maximum Gasteiger partial charge on any atom is 0.220 e. The van der Waals surface area contributed by atoms with E-state index in [1.54, 1.807) is 14.2 Å². The van der Waals surface area contributed by atoms with E-state index in [9.17, 15) is 4.79 Å². The van der Waals surface area contributed by atoms with Crippen LogP contribution in [-0.4, -0.2) is 45.7 Å². The van der Waals surface area contributed by atoms with Crippen LogP contribution in [0.15, 0.2) is 18.2 Å². The highest BCUT2D eigenvalue weighted by Gasteiger charge is 2.34. The number of carbonyl (C=O) groups is 1. The lowest BCUT2D eigenvalue weighted by molar-refractivity contribution is -0.146. The number of carbonyl (C=O) groups excluding carboxylic acids is 1. The van der Waals surface area contributed by atoms with Gasteiger partial charge in [0.1, 0.15) is 0 Å². The van der Waals surface area contributed by atoms with Gasteiger partial charge in [0.25, 0.3) is 0 Å². The Morgan fingerprint density at radius 2 is 1.92 bits per heavy atom. The van der Waals surface area contributed by atoms with Crippen molar-refractivity contribution in [2.24, 2.45) is 5.92 Å². The minimum absolute atomic E-state index is 0.0679. The van der Waals surface area contributed by atoms with Crippen LogP contribution in [0.25, 0.3) is 0 Å². The first-order valence-electron chi connectivity index (χ1n) is 9.31. The van der Waals surface area contributed by atoms with Gasteiger partial charge in [0.2, 0.25) is 5.91 Å². The molecule has 1 atom stereocenters. The van der Waals surface area contributed by atoms with Crippen LogP contribution in [0.5, 0.6) is 11.5 Å². The van der Waals surface area contributed by atoms with Gasteiger partial charge in [-0.1, -0.05) is 6.07 Å². The molecule has 2 aliphatic rings. The number of benzene rings is 1. The molecule has 2 fully saturated rings. The van der Waals surface area contributed by atoms with E-state index in [-0.39, 0.29) is 11.8 Å². The van der Waals surface area contributed by atoms with Crippen LogP contribution >= 0.6 is 0 Å². The summed E-state index contributed by atoms with van der Waals surface area (Å²) in [7, 11) is 3.26. The van der Waals surface area contributed by atoms with Gasteiger partial charge in [0.05, 0.1) is 27.4 Å². The molecule has 1 amide bonds. The van der Waals surface area contributed by atoms with Crippen LogP contribution in [0.1, 0.15) is 44.1 Å². The smallest absolute Gasteiger partial charge is 0.220 e. The average molecular weight is 363 g/mol. The van der Waals surface area contributed by atoms with Crippen LogP contribution in [0.2, 0.25) is 0 Å². The summed E-state index contributed by atoms with van der Waals surface area (Å²) in [4.78, 5) is 12.5. The van der Waals surface area contributed by atoms with Gasteiger partial charge in [-0.15, -0.1) is 0 Å². The van der Waals surface area contributed by atoms with E-state index >= 15 is 0 Å². The van der Waals surface area contributed by atoms with Gasteiger partial charge in [-0.2, -0.15) is 0 Å². The first-order chi connectivity index (χ1) is 12.5. The third kappa shape index (κ3) is 4.68. The fraction of sp³-hybridized carbons (Fsp3) is 0.650. The van der Waals surface area contributed by atoms with E-state index in [1.165, 1.54) is 12.8 Å². The van der Waals surface area contributed by atoms with Gasteiger partial charge in [0.15, 0.2) is 17.3 Å². The van der Waals surface area contributed by atoms with E-state index in [0.29, 0.717) is 50.0 Å². The third-order valence-corrected chi connectivity index (χ3v) is 5.23. The summed E-state index contributed by atoms with van der Waals surface area (Å²) >= 11 is 0. The molecule has 6 nitrogen and oxygen atoms in total. The van der Waals surface area contributed by atoms with Crippen molar-refractivity contribution in [1.29, 1.82) is 0 Å². The molecule has 1 aliphatic heterocycles. The molecule has 1 aromatic carbocycles. The molecule has 1 heterocycles. The van der Waals surface area contributed by atoms with Crippen LogP contribution in [0.3, 0.4) is 0 Å². The molecule has 144 valence electrons. The molecule has 26 heavy (non-hydrogen) atoms. The molecule has 1 unspecified atom stereocenters. The van der Waals surface area contributed by atoms with Gasteiger partial charge in [-0.05, 0) is 49.3 Å². The minimum Gasteiger partial charge on any atom is -0.493 e. The quantitative estimate of drug-likeness (QED) is 0.731. The normalized spacial score (nSPS) is 19.8. The number of hydrogen-bond donors (Lipinski definition) is 1. The Kier molecular flexibility index (Phi) is 6.04. The van der Waals surface area contributed by atoms with Crippen LogP contribution < -0.4 is 14.8 Å². The van der Waals surface area contributed by atoms with Gasteiger partial charge >= 0.3 is 0 Å². The number of ether oxygens (including phenoxy) is 4. The lowest BCUT2D eigenvalue weighted by atomic mass is 9.90. The van der Waals surface area contributed by atoms with Crippen LogP contribution in [0.4, 0.5) is 0 Å². The second-order valence-corrected chi connectivity index (χ2v) is 7.19. The zero-order chi connectivity index (χ0) is 18.6. The average Bonchev–Trinajstić information content (AvgIpc) is 3.40. The Bertz CT molecular complexity index is 623. The summed E-state index contributed by atoms with van der Waals surface area (Å²) in [6.45, 7) is 3.71. The largest absolute Gasteiger partial charge is 0.493 e. The number of methoxy groups -OCH3 is 2. The Labute approximate surface area is 155 Å². The van der Waals surface area contributed by atoms with E-state index in [4.69, 9.17) is 18.9 Å². The fourth-order valence-corrected chi connectivity index (χ4v) is 3.54. The highest BCUT2D eigenvalue weighted by atomic mass is 16.7. The molecule has 1 saturated heterocycles. The summed E-state index contributed by atoms with van der Waals surface area (Å²) < 4.78 is 21.9. The van der Waals surface area contributed by atoms with Crippen molar-refractivity contribution in [3.8, 4) is 11.5 Å². The molecule has 0 aromatic heterocycles. The van der Waals surface area contributed by atoms with Crippen molar-refractivity contribution in [3.63, 3.8) is 0 Å². The molecule has 0 spiro atoms. The van der Waals surface area contributed by atoms with Gasteiger partial charge in [-0.25, -0.2) is 0 Å². The molecule has 3 rings (SSSR count). The molecular formula is C20H29NO5. The topological polar surface area (TPSA) is 66.0 Å². The lowest BCUT2D eigenvalue weighted by Gasteiger charge is -2.23. The molecule has 1 saturated carbocycles. The minimum atomic E-state index is -0.563. The van der Waals surface area contributed by atoms with Crippen LogP contribution in [0, 0.1) is 5.92 Å². The summed E-state index contributed by atoms with van der Waals surface area (Å²) in [6.07, 6.45) is 3.49. The second kappa shape index (κ2) is 8.27. The van der Waals surface area contributed by atoms with Crippen molar-refractivity contribution in [2.45, 2.75) is 44.3 Å².